The highest BCUT2D eigenvalue weighted by molar-refractivity contribution is 7.86. The van der Waals surface area contributed by atoms with Crippen molar-refractivity contribution < 1.29 is 110 Å². The summed E-state index contributed by atoms with van der Waals surface area (Å²) in [5.41, 5.74) is 10.7. The fourth-order valence-electron chi connectivity index (χ4n) is 12.1. The predicted octanol–water partition coefficient (Wildman–Crippen LogP) is 5.35. The molecule has 4 aliphatic heterocycles. The van der Waals surface area contributed by atoms with Crippen molar-refractivity contribution in [1.82, 2.24) is 25.2 Å². The second-order valence-corrected chi connectivity index (χ2v) is 30.7. The molecule has 3 unspecified atom stereocenters. The fraction of sp³-hybridized carbons (Fsp3) is 0.379. The average Bonchev–Trinajstić information content (AvgIpc) is 1.71. The Morgan fingerprint density at radius 2 is 1.64 bits per heavy atom. The van der Waals surface area contributed by atoms with E-state index in [9.17, 15) is 68.9 Å². The molecule has 9 rings (SSSR count). The molecule has 0 spiro atoms. The first-order valence-electron chi connectivity index (χ1n) is 29.3. The van der Waals surface area contributed by atoms with Gasteiger partial charge in [-0.15, -0.1) is 0 Å². The van der Waals surface area contributed by atoms with Crippen molar-refractivity contribution in [3.63, 3.8) is 0 Å². The van der Waals surface area contributed by atoms with Crippen LogP contribution in [0.3, 0.4) is 0 Å². The number of aliphatic hydroxyl groups excluding tert-OH is 1. The summed E-state index contributed by atoms with van der Waals surface area (Å²) < 4.78 is 140. The van der Waals surface area contributed by atoms with Crippen molar-refractivity contribution in [3.05, 3.63) is 142 Å². The topological polar surface area (TPSA) is 462 Å². The number of amides is 2. The van der Waals surface area contributed by atoms with Crippen LogP contribution in [0.4, 0.5) is 22.1 Å². The van der Waals surface area contributed by atoms with Crippen molar-refractivity contribution in [3.8, 4) is 5.75 Å². The number of rotatable bonds is 26. The van der Waals surface area contributed by atoms with E-state index in [0.717, 1.165) is 44.6 Å². The third-order valence-corrected chi connectivity index (χ3v) is 21.5. The first-order valence-corrected chi connectivity index (χ1v) is 36.9. The van der Waals surface area contributed by atoms with E-state index in [1.165, 1.54) is 36.1 Å². The van der Waals surface area contributed by atoms with Crippen molar-refractivity contribution >= 4 is 107 Å². The van der Waals surface area contributed by atoms with Crippen LogP contribution in [0.25, 0.3) is 28.1 Å². The number of fused-ring (bicyclic) bond motifs is 4. The first-order chi connectivity index (χ1) is 44.4. The highest BCUT2D eigenvalue weighted by atomic mass is 32.2. The van der Waals surface area contributed by atoms with Gasteiger partial charge in [-0.2, -0.15) is 30.0 Å². The molecule has 512 valence electrons. The lowest BCUT2D eigenvalue weighted by atomic mass is 9.75. The van der Waals surface area contributed by atoms with E-state index < -0.39 is 108 Å². The number of benzene rings is 3. The second-order valence-electron chi connectivity index (χ2n) is 23.3. The van der Waals surface area contributed by atoms with E-state index in [4.69, 9.17) is 34.3 Å². The van der Waals surface area contributed by atoms with Gasteiger partial charge in [0.25, 0.3) is 31.7 Å². The predicted molar refractivity (Wildman–Crippen MR) is 344 cm³/mol. The number of carbonyl (C=O) groups is 2. The summed E-state index contributed by atoms with van der Waals surface area (Å²) in [6, 6.07) is 17.9. The Balaban J connectivity index is 0.907. The number of imidazole rings is 1. The summed E-state index contributed by atoms with van der Waals surface area (Å²) >= 11 is 0. The molecule has 32 nitrogen and oxygen atoms in total. The number of allylic oxidation sites excluding steroid dienone is 8. The summed E-state index contributed by atoms with van der Waals surface area (Å²) in [6.07, 6.45) is 6.24. The molecule has 0 radical (unpaired) electrons. The number of hydrogen-bond donors (Lipinski definition) is 11. The van der Waals surface area contributed by atoms with Gasteiger partial charge in [-0.25, -0.2) is 23.1 Å². The molecule has 2 amide bonds. The third kappa shape index (κ3) is 16.9. The number of likely N-dealkylation sites (N-methyl/N-ethyl adjacent to an activating group) is 1. The maximum absolute atomic E-state index is 13.5. The van der Waals surface area contributed by atoms with Gasteiger partial charge in [0.05, 0.1) is 35.3 Å². The molecule has 0 aliphatic carbocycles. The van der Waals surface area contributed by atoms with Crippen LogP contribution >= 0.6 is 23.5 Å². The maximum Gasteiger partial charge on any atom is 0.490 e. The zero-order valence-corrected chi connectivity index (χ0v) is 56.2. The van der Waals surface area contributed by atoms with Crippen LogP contribution < -0.4 is 36.1 Å². The fourth-order valence-corrected chi connectivity index (χ4v) is 16.1. The molecule has 2 aromatic heterocycles. The van der Waals surface area contributed by atoms with E-state index in [1.54, 1.807) is 22.8 Å². The number of hydrogen-bond acceptors (Lipinski definition) is 20. The minimum absolute atomic E-state index is 0.0279. The molecular weight excluding hydrogens is 1350 g/mol. The number of aryl methyl sites for hydroxylation is 1. The van der Waals surface area contributed by atoms with Crippen molar-refractivity contribution in [2.75, 3.05) is 49.2 Å². The van der Waals surface area contributed by atoms with Gasteiger partial charge in [0.1, 0.15) is 24.2 Å². The highest BCUT2D eigenvalue weighted by Gasteiger charge is 2.52. The molecule has 4 aliphatic rings. The van der Waals surface area contributed by atoms with Crippen LogP contribution in [0.5, 0.6) is 5.75 Å². The van der Waals surface area contributed by atoms with Crippen LogP contribution in [-0.2, 0) is 73.8 Å². The minimum Gasteiger partial charge on any atom is -0.456 e. The Morgan fingerprint density at radius 3 is 2.33 bits per heavy atom. The first kappa shape index (κ1) is 72.0. The molecule has 1 fully saturated rings. The zero-order chi connectivity index (χ0) is 69.4. The minimum atomic E-state index is -5.98. The summed E-state index contributed by atoms with van der Waals surface area (Å²) in [5.74, 6) is -0.161. The molecule has 3 aromatic carbocycles. The van der Waals surface area contributed by atoms with Crippen LogP contribution in [0.2, 0.25) is 0 Å². The molecular formula is C58H72N9O23P3S2+2. The van der Waals surface area contributed by atoms with Crippen LogP contribution in [0.15, 0.2) is 119 Å². The molecule has 0 bridgehead atoms. The molecule has 37 heteroatoms. The molecule has 1 saturated heterocycles. The van der Waals surface area contributed by atoms with Gasteiger partial charge in [-0.3, -0.25) is 32.8 Å². The number of phosphoric acid groups is 3. The van der Waals surface area contributed by atoms with Crippen molar-refractivity contribution in [2.24, 2.45) is 7.05 Å². The van der Waals surface area contributed by atoms with Gasteiger partial charge < -0.3 is 60.2 Å². The normalized spacial score (nSPS) is 22.0. The number of carbonyl (C=O) groups excluding carboxylic acids is 2. The Morgan fingerprint density at radius 1 is 0.926 bits per heavy atom. The van der Waals surface area contributed by atoms with Gasteiger partial charge in [0.2, 0.25) is 23.3 Å². The van der Waals surface area contributed by atoms with E-state index in [0.29, 0.717) is 28.5 Å². The van der Waals surface area contributed by atoms with Gasteiger partial charge in [0.15, 0.2) is 24.2 Å². The SMILES string of the molecule is CCN1c2cc3c(cc2C(C)=CC1(C)C)C(=CC=CC=CC1=[N+](CCCS(=O)(=O)O)c2ccc(S(=O)(=O)O)cc2C1(C)CCCC(=O)NCCNC(=O)O[C@H]1[C@@H](O)[C@H]([n+]2cn(C)c4c(=O)[nH]c(N)nc42)O[C@@H]1COP(=O)(O)OP(=O)(O)OP(=O)(O)O)C=C(c1ccccc1)O3. The molecule has 5 aromatic rings. The van der Waals surface area contributed by atoms with E-state index >= 15 is 0 Å². The van der Waals surface area contributed by atoms with Crippen LogP contribution in [0, 0.1) is 0 Å². The third-order valence-electron chi connectivity index (χ3n) is 16.0. The summed E-state index contributed by atoms with van der Waals surface area (Å²) in [4.78, 5) is 85.7. The number of nitrogens with two attached hydrogens (primary N) is 1. The maximum atomic E-state index is 13.5. The van der Waals surface area contributed by atoms with E-state index in [1.807, 2.05) is 55.5 Å². The number of nitrogens with one attached hydrogen (secondary N) is 3. The lowest BCUT2D eigenvalue weighted by molar-refractivity contribution is -0.745. The van der Waals surface area contributed by atoms with Crippen molar-refractivity contribution in [2.45, 2.75) is 101 Å². The molecule has 7 atom stereocenters. The summed E-state index contributed by atoms with van der Waals surface area (Å²) in [5, 5.41) is 16.6. The number of aliphatic hydroxyl groups is 1. The molecule has 95 heavy (non-hydrogen) atoms. The standard InChI is InChI=1S/C58H70N9O23P3S2/c1-7-67-43-31-45-40(30-39(43)35(2)32-57(67,3)4)37(28-44(86-45)36-16-10-8-11-17-36)18-12-9-13-19-47-58(5,41-29-38(95(82,83)84)21-22-42(41)65(47)26-15-27-94(79,80)81)23-14-20-48(68)60-24-25-61-56(71)88-51-46(33-85-92(75,76)90-93(77,78)89-91(72,73)74)87-54(50(51)69)66-34-64(6)49-52(66)62-55(59)63-53(49)70/h8-13,16-19,21-22,28-32,34,46,50-51,54,69H,7,14-15,20,23-27,33H2,1-6H3,(H9-2,59,60,61,62,63,68,70,71,72,73,74,75,76,77,78,79,80,81,82,83,84)/p+2/t46-,50-,51-,54-,58?/m1/s1. The molecule has 6 heterocycles. The Bertz CT molecular complexity index is 4510. The second kappa shape index (κ2) is 28.0. The molecule has 0 saturated carbocycles. The Labute approximate surface area is 544 Å². The van der Waals surface area contributed by atoms with Crippen LogP contribution in [-0.4, -0.2) is 150 Å². The van der Waals surface area contributed by atoms with E-state index in [-0.39, 0.29) is 68.0 Å². The number of nitrogen functional groups attached to an aromatic ring is 1. The number of phosphoric ester groups is 1. The summed E-state index contributed by atoms with van der Waals surface area (Å²) in [6.45, 7) is 9.39. The van der Waals surface area contributed by atoms with E-state index in [2.05, 4.69) is 80.0 Å². The Hall–Kier alpha value is -7.33. The summed E-state index contributed by atoms with van der Waals surface area (Å²) in [7, 11) is -25.3. The average molecular weight is 1420 g/mol. The molecule has 12 N–H and O–H groups in total. The number of H-pyrrole nitrogens is 1. The monoisotopic (exact) mass is 1420 g/mol. The highest BCUT2D eigenvalue weighted by Crippen LogP contribution is 2.66. The van der Waals surface area contributed by atoms with Crippen molar-refractivity contribution in [1.29, 1.82) is 0 Å². The smallest absolute Gasteiger partial charge is 0.456 e. The number of aromatic nitrogens is 4. The lowest BCUT2D eigenvalue weighted by Gasteiger charge is -2.43. The van der Waals surface area contributed by atoms with Gasteiger partial charge in [0, 0.05) is 78.6 Å². The van der Waals surface area contributed by atoms with Gasteiger partial charge >= 0.3 is 35.2 Å². The largest absolute Gasteiger partial charge is 0.490 e. The number of aromatic amines is 1. The zero-order valence-electron chi connectivity index (χ0n) is 51.9. The number of anilines is 2. The quantitative estimate of drug-likeness (QED) is 0.0109. The van der Waals surface area contributed by atoms with Gasteiger partial charge in [-0.1, -0.05) is 65.7 Å². The van der Waals surface area contributed by atoms with Crippen LogP contribution in [0.1, 0.15) is 88.8 Å². The van der Waals surface area contributed by atoms with Gasteiger partial charge in [-0.05, 0) is 82.9 Å². The number of alkyl carbamates (subject to hydrolysis) is 1. The Kier molecular flexibility index (Phi) is 21.2. The number of nitrogens with zero attached hydrogens (tertiary/aromatic N) is 5. The lowest BCUT2D eigenvalue weighted by Crippen LogP contribution is -2.47. The number of ether oxygens (including phenoxy) is 3.